The van der Waals surface area contributed by atoms with Gasteiger partial charge >= 0.3 is 9.04 Å². The number of hydrogen-bond donors (Lipinski definition) is 0. The minimum absolute atomic E-state index is 0.00365. The Balaban J connectivity index is 2.35. The zero-order chi connectivity index (χ0) is 27.6. The molecule has 1 radical (unpaired) electrons. The van der Waals surface area contributed by atoms with Crippen LogP contribution in [0.15, 0.2) is 60.7 Å². The van der Waals surface area contributed by atoms with Gasteiger partial charge in [-0.25, -0.2) is 0 Å². The summed E-state index contributed by atoms with van der Waals surface area (Å²) in [5.41, 5.74) is 1.86. The first-order valence-corrected chi connectivity index (χ1v) is 17.2. The molecule has 0 fully saturated rings. The van der Waals surface area contributed by atoms with Gasteiger partial charge in [-0.05, 0) is 40.8 Å². The summed E-state index contributed by atoms with van der Waals surface area (Å²) in [5, 5.41) is 2.34. The third kappa shape index (κ3) is 6.07. The third-order valence-electron chi connectivity index (χ3n) is 7.16. The van der Waals surface area contributed by atoms with E-state index in [9.17, 15) is 0 Å². The highest BCUT2D eigenvalue weighted by Crippen LogP contribution is 2.54. The highest BCUT2D eigenvalue weighted by atomic mass is 28.4. The Kier molecular flexibility index (Phi) is 8.55. The predicted octanol–water partition coefficient (Wildman–Crippen LogP) is 6.88. The van der Waals surface area contributed by atoms with Crippen molar-refractivity contribution in [2.45, 2.75) is 72.0 Å². The normalized spacial score (nSPS) is 12.4. The average Bonchev–Trinajstić information content (AvgIpc) is 2.82. The summed E-state index contributed by atoms with van der Waals surface area (Å²) in [6.45, 7) is 19.9. The zero-order valence-electron chi connectivity index (χ0n) is 24.4. The van der Waals surface area contributed by atoms with Crippen molar-refractivity contribution in [1.82, 2.24) is 0 Å². The first-order valence-electron chi connectivity index (χ1n) is 12.9. The molecule has 3 aromatic rings. The van der Waals surface area contributed by atoms with E-state index >= 15 is 0 Å². The van der Waals surface area contributed by atoms with Gasteiger partial charge in [0.05, 0.1) is 14.2 Å². The third-order valence-corrected chi connectivity index (χ3v) is 13.6. The van der Waals surface area contributed by atoms with Crippen molar-refractivity contribution in [3.8, 4) is 23.0 Å². The minimum atomic E-state index is -2.23. The quantitative estimate of drug-likeness (QED) is 0.295. The van der Waals surface area contributed by atoms with Gasteiger partial charge in [-0.3, -0.25) is 0 Å². The summed E-state index contributed by atoms with van der Waals surface area (Å²) < 4.78 is 26.2. The Morgan fingerprint density at radius 1 is 0.649 bits per heavy atom. The van der Waals surface area contributed by atoms with Gasteiger partial charge in [0.2, 0.25) is 5.75 Å². The molecule has 4 nitrogen and oxygen atoms in total. The molecule has 0 bridgehead atoms. The Bertz CT molecular complexity index is 1150. The van der Waals surface area contributed by atoms with E-state index in [2.05, 4.69) is 110 Å². The molecule has 0 aliphatic carbocycles. The van der Waals surface area contributed by atoms with Crippen LogP contribution in [0.1, 0.15) is 52.7 Å². The standard InChI is InChI=1S/C31H43O4Si2/c1-22-25(30(2,3)4)27(28(33-9)29(26(22)32-8)35-37(10,11)31(5,6)7)34-36(23-18-14-12-15-19-23)24-20-16-13-17-21-24/h12-21H,1-11H3. The van der Waals surface area contributed by atoms with Crippen molar-refractivity contribution in [1.29, 1.82) is 0 Å². The molecule has 0 aromatic heterocycles. The summed E-state index contributed by atoms with van der Waals surface area (Å²) in [4.78, 5) is 0. The van der Waals surface area contributed by atoms with Crippen LogP contribution in [0.3, 0.4) is 0 Å². The van der Waals surface area contributed by atoms with Crippen molar-refractivity contribution >= 4 is 27.7 Å². The van der Waals surface area contributed by atoms with E-state index in [0.717, 1.165) is 16.9 Å². The molecule has 3 rings (SSSR count). The maximum atomic E-state index is 7.14. The van der Waals surface area contributed by atoms with E-state index in [-0.39, 0.29) is 10.5 Å². The average molecular weight is 536 g/mol. The Hall–Kier alpha value is -2.71. The van der Waals surface area contributed by atoms with Crippen molar-refractivity contribution < 1.29 is 18.3 Å². The van der Waals surface area contributed by atoms with Gasteiger partial charge in [-0.1, -0.05) is 102 Å². The zero-order valence-corrected chi connectivity index (χ0v) is 26.4. The lowest BCUT2D eigenvalue weighted by Crippen LogP contribution is -2.48. The molecular formula is C31H43O4Si2. The first kappa shape index (κ1) is 28.9. The molecule has 0 aliphatic rings. The number of ether oxygens (including phenoxy) is 2. The van der Waals surface area contributed by atoms with Gasteiger partial charge in [0, 0.05) is 11.1 Å². The fourth-order valence-corrected chi connectivity index (χ4v) is 7.23. The monoisotopic (exact) mass is 535 g/mol. The topological polar surface area (TPSA) is 36.9 Å². The van der Waals surface area contributed by atoms with Crippen LogP contribution in [0.25, 0.3) is 0 Å². The van der Waals surface area contributed by atoms with Crippen LogP contribution in [-0.4, -0.2) is 31.6 Å². The molecule has 0 saturated heterocycles. The van der Waals surface area contributed by atoms with Gasteiger partial charge in [0.15, 0.2) is 17.2 Å². The van der Waals surface area contributed by atoms with Gasteiger partial charge < -0.3 is 18.3 Å². The molecule has 3 aromatic carbocycles. The Morgan fingerprint density at radius 2 is 1.11 bits per heavy atom. The molecule has 0 heterocycles. The summed E-state index contributed by atoms with van der Waals surface area (Å²) in [6.07, 6.45) is 0. The fraction of sp³-hybridized carbons (Fsp3) is 0.419. The second-order valence-electron chi connectivity index (χ2n) is 12.0. The van der Waals surface area contributed by atoms with Crippen molar-refractivity contribution in [3.05, 3.63) is 71.8 Å². The van der Waals surface area contributed by atoms with Crippen LogP contribution in [0.5, 0.6) is 23.0 Å². The lowest BCUT2D eigenvalue weighted by Gasteiger charge is -2.38. The number of hydrogen-bond acceptors (Lipinski definition) is 4. The second kappa shape index (κ2) is 11.0. The van der Waals surface area contributed by atoms with Crippen LogP contribution in [0.4, 0.5) is 0 Å². The highest BCUT2D eigenvalue weighted by molar-refractivity contribution is 6.80. The SMILES string of the molecule is COc1c(C)c(C(C)(C)C)c(O[Si](c2ccccc2)c2ccccc2)c(OC)c1O[Si](C)(C)C(C)(C)C. The van der Waals surface area contributed by atoms with Crippen LogP contribution in [0.2, 0.25) is 18.1 Å². The molecule has 0 N–H and O–H groups in total. The lowest BCUT2D eigenvalue weighted by atomic mass is 9.82. The van der Waals surface area contributed by atoms with Gasteiger partial charge in [0.1, 0.15) is 0 Å². The highest BCUT2D eigenvalue weighted by Gasteiger charge is 2.42. The smallest absolute Gasteiger partial charge is 0.352 e. The van der Waals surface area contributed by atoms with Crippen molar-refractivity contribution in [2.75, 3.05) is 14.2 Å². The summed E-state index contributed by atoms with van der Waals surface area (Å²) in [6, 6.07) is 20.9. The van der Waals surface area contributed by atoms with E-state index < -0.39 is 17.4 Å². The van der Waals surface area contributed by atoms with E-state index in [1.165, 1.54) is 10.4 Å². The molecule has 0 atom stereocenters. The molecule has 0 amide bonds. The molecule has 0 aliphatic heterocycles. The van der Waals surface area contributed by atoms with Crippen molar-refractivity contribution in [3.63, 3.8) is 0 Å². The Labute approximate surface area is 226 Å². The first-order chi connectivity index (χ1) is 17.2. The molecular weight excluding hydrogens is 493 g/mol. The van der Waals surface area contributed by atoms with E-state index in [4.69, 9.17) is 18.3 Å². The van der Waals surface area contributed by atoms with E-state index in [0.29, 0.717) is 17.2 Å². The second-order valence-corrected chi connectivity index (χ2v) is 18.7. The molecule has 0 saturated carbocycles. The lowest BCUT2D eigenvalue weighted by molar-refractivity contribution is 0.338. The maximum Gasteiger partial charge on any atom is 0.352 e. The number of benzene rings is 3. The molecule has 199 valence electrons. The number of rotatable bonds is 8. The van der Waals surface area contributed by atoms with Crippen LogP contribution < -0.4 is 28.7 Å². The Morgan fingerprint density at radius 3 is 1.49 bits per heavy atom. The number of methoxy groups -OCH3 is 2. The van der Waals surface area contributed by atoms with Gasteiger partial charge in [-0.15, -0.1) is 0 Å². The summed E-state index contributed by atoms with van der Waals surface area (Å²) >= 11 is 0. The van der Waals surface area contributed by atoms with Gasteiger partial charge in [-0.2, -0.15) is 0 Å². The minimum Gasteiger partial charge on any atom is -0.538 e. The molecule has 0 spiro atoms. The van der Waals surface area contributed by atoms with E-state index in [1.54, 1.807) is 14.2 Å². The maximum absolute atomic E-state index is 7.14. The fourth-order valence-electron chi connectivity index (χ4n) is 4.27. The van der Waals surface area contributed by atoms with Crippen LogP contribution in [0, 0.1) is 6.92 Å². The molecule has 0 unspecified atom stereocenters. The van der Waals surface area contributed by atoms with Crippen LogP contribution in [-0.2, 0) is 5.41 Å². The largest absolute Gasteiger partial charge is 0.538 e. The van der Waals surface area contributed by atoms with Crippen molar-refractivity contribution in [2.24, 2.45) is 0 Å². The molecule has 37 heavy (non-hydrogen) atoms. The van der Waals surface area contributed by atoms with Crippen LogP contribution >= 0.6 is 0 Å². The van der Waals surface area contributed by atoms with Gasteiger partial charge in [0.25, 0.3) is 8.32 Å². The predicted molar refractivity (Wildman–Crippen MR) is 159 cm³/mol. The van der Waals surface area contributed by atoms with E-state index in [1.807, 2.05) is 12.1 Å². The summed E-state index contributed by atoms with van der Waals surface area (Å²) in [5.74, 6) is 2.70. The molecule has 6 heteroatoms. The summed E-state index contributed by atoms with van der Waals surface area (Å²) in [7, 11) is -0.481.